The van der Waals surface area contributed by atoms with Crippen molar-refractivity contribution in [2.75, 3.05) is 5.32 Å². The molecule has 0 aliphatic carbocycles. The second kappa shape index (κ2) is 8.55. The van der Waals surface area contributed by atoms with Gasteiger partial charge in [0.05, 0.1) is 5.69 Å². The van der Waals surface area contributed by atoms with Crippen molar-refractivity contribution in [2.24, 2.45) is 0 Å². The maximum absolute atomic E-state index is 13.4. The van der Waals surface area contributed by atoms with Gasteiger partial charge in [0.1, 0.15) is 0 Å². The molecule has 0 radical (unpaired) electrons. The molecule has 5 nitrogen and oxygen atoms in total. The maximum atomic E-state index is 13.4. The van der Waals surface area contributed by atoms with E-state index in [4.69, 9.17) is 11.6 Å². The minimum Gasteiger partial charge on any atom is -0.334 e. The molecule has 0 atom stereocenters. The third-order valence-electron chi connectivity index (χ3n) is 4.24. The summed E-state index contributed by atoms with van der Waals surface area (Å²) in [5, 5.41) is 7.56. The van der Waals surface area contributed by atoms with E-state index in [1.165, 1.54) is 23.6 Å². The molecule has 2 aromatic heterocycles. The number of aromatic nitrogens is 2. The Morgan fingerprint density at radius 2 is 2.04 bits per heavy atom. The number of carbonyl (C=O) groups excluding carboxylic acids is 1. The van der Waals surface area contributed by atoms with Crippen LogP contribution in [0.2, 0.25) is 5.15 Å². The lowest BCUT2D eigenvalue weighted by Crippen LogP contribution is -2.28. The number of anilines is 1. The van der Waals surface area contributed by atoms with E-state index in [1.54, 1.807) is 0 Å². The summed E-state index contributed by atoms with van der Waals surface area (Å²) in [5.74, 6) is -0.624. The Labute approximate surface area is 179 Å². The van der Waals surface area contributed by atoms with Crippen LogP contribution in [0.5, 0.6) is 0 Å². The van der Waals surface area contributed by atoms with Gasteiger partial charge >= 0.3 is 6.03 Å². The smallest absolute Gasteiger partial charge is 0.321 e. The Bertz CT molecular complexity index is 994. The summed E-state index contributed by atoms with van der Waals surface area (Å²) in [5.41, 5.74) is 2.18. The molecule has 1 aromatic carbocycles. The van der Waals surface area contributed by atoms with Gasteiger partial charge in [-0.05, 0) is 29.3 Å². The van der Waals surface area contributed by atoms with Crippen LogP contribution in [0.1, 0.15) is 30.7 Å². The Kier molecular flexibility index (Phi) is 6.32. The van der Waals surface area contributed by atoms with E-state index in [9.17, 15) is 9.18 Å². The Morgan fingerprint density at radius 1 is 1.32 bits per heavy atom. The van der Waals surface area contributed by atoms with Gasteiger partial charge in [-0.1, -0.05) is 53.5 Å². The zero-order valence-corrected chi connectivity index (χ0v) is 18.3. The molecule has 0 unspecified atom stereocenters. The first kappa shape index (κ1) is 20.7. The molecule has 0 fully saturated rings. The summed E-state index contributed by atoms with van der Waals surface area (Å²) in [4.78, 5) is 20.4. The van der Waals surface area contributed by atoms with Crippen LogP contribution in [0.15, 0.2) is 46.4 Å². The molecule has 28 heavy (non-hydrogen) atoms. The lowest BCUT2D eigenvalue weighted by molar-refractivity contribution is 0.251. The summed E-state index contributed by atoms with van der Waals surface area (Å²) in [7, 11) is 0. The summed E-state index contributed by atoms with van der Waals surface area (Å²) in [6.45, 7) is 4.28. The first-order valence-electron chi connectivity index (χ1n) is 8.32. The number of rotatable bonds is 5. The van der Waals surface area contributed by atoms with Crippen LogP contribution < -0.4 is 10.6 Å². The van der Waals surface area contributed by atoms with E-state index in [0.29, 0.717) is 10.7 Å². The van der Waals surface area contributed by atoms with Crippen molar-refractivity contribution in [1.82, 2.24) is 15.3 Å². The van der Waals surface area contributed by atoms with Gasteiger partial charge in [-0.25, -0.2) is 19.2 Å². The summed E-state index contributed by atoms with van der Waals surface area (Å²) >= 11 is 10.3. The van der Waals surface area contributed by atoms with E-state index in [0.717, 1.165) is 15.7 Å². The van der Waals surface area contributed by atoms with E-state index in [-0.39, 0.29) is 17.1 Å². The molecule has 0 spiro atoms. The number of nitrogens with zero attached hydrogens (tertiary/aromatic N) is 2. The highest BCUT2D eigenvalue weighted by molar-refractivity contribution is 9.10. The standard InChI is InChI=1S/C19H17BrClFN4OS/c1-19(2,12-3-5-13(20)6-4-12)15-10-28-18(25-15)26-17(27)24-9-11-7-14(22)16(21)23-8-11/h3-8,10H,9H2,1-2H3,(H2,24,25,26,27). The molecule has 0 saturated carbocycles. The Hall–Kier alpha value is -2.03. The van der Waals surface area contributed by atoms with Crippen molar-refractivity contribution in [1.29, 1.82) is 0 Å². The number of thiazole rings is 1. The number of pyridine rings is 1. The predicted octanol–water partition coefficient (Wildman–Crippen LogP) is 5.74. The first-order valence-corrected chi connectivity index (χ1v) is 10.4. The van der Waals surface area contributed by atoms with Crippen molar-refractivity contribution in [3.8, 4) is 0 Å². The van der Waals surface area contributed by atoms with E-state index >= 15 is 0 Å². The second-order valence-electron chi connectivity index (χ2n) is 6.59. The molecule has 0 bridgehead atoms. The summed E-state index contributed by atoms with van der Waals surface area (Å²) in [6, 6.07) is 8.87. The van der Waals surface area contributed by atoms with Gasteiger partial charge < -0.3 is 5.32 Å². The van der Waals surface area contributed by atoms with Crippen LogP contribution in [0.25, 0.3) is 0 Å². The van der Waals surface area contributed by atoms with Crippen molar-refractivity contribution in [3.05, 3.63) is 74.2 Å². The van der Waals surface area contributed by atoms with Crippen LogP contribution >= 0.6 is 38.9 Å². The van der Waals surface area contributed by atoms with Gasteiger partial charge in [0.2, 0.25) is 0 Å². The normalized spacial score (nSPS) is 11.3. The predicted molar refractivity (Wildman–Crippen MR) is 113 cm³/mol. The molecule has 2 amide bonds. The van der Waals surface area contributed by atoms with Gasteiger partial charge in [-0.2, -0.15) is 0 Å². The first-order chi connectivity index (χ1) is 13.3. The average Bonchev–Trinajstić information content (AvgIpc) is 3.12. The average molecular weight is 484 g/mol. The highest BCUT2D eigenvalue weighted by atomic mass is 79.9. The minimum atomic E-state index is -0.624. The molecular weight excluding hydrogens is 467 g/mol. The van der Waals surface area contributed by atoms with Crippen molar-refractivity contribution in [3.63, 3.8) is 0 Å². The van der Waals surface area contributed by atoms with Crippen LogP contribution in [0, 0.1) is 5.82 Å². The zero-order chi connectivity index (χ0) is 20.3. The highest BCUT2D eigenvalue weighted by Gasteiger charge is 2.26. The minimum absolute atomic E-state index is 0.121. The fourth-order valence-electron chi connectivity index (χ4n) is 2.51. The largest absolute Gasteiger partial charge is 0.334 e. The molecule has 9 heteroatoms. The molecule has 0 saturated heterocycles. The fraction of sp³-hybridized carbons (Fsp3) is 0.211. The van der Waals surface area contributed by atoms with E-state index in [1.807, 2.05) is 29.6 Å². The van der Waals surface area contributed by atoms with Gasteiger partial charge in [0.25, 0.3) is 0 Å². The number of nitrogens with one attached hydrogen (secondary N) is 2. The van der Waals surface area contributed by atoms with Crippen molar-refractivity contribution >= 4 is 50.0 Å². The van der Waals surface area contributed by atoms with E-state index in [2.05, 4.69) is 50.4 Å². The molecular formula is C19H17BrClFN4OS. The summed E-state index contributed by atoms with van der Waals surface area (Å²) < 4.78 is 14.4. The van der Waals surface area contributed by atoms with Gasteiger partial charge in [-0.3, -0.25) is 5.32 Å². The lowest BCUT2D eigenvalue weighted by Gasteiger charge is -2.23. The SMILES string of the molecule is CC(C)(c1ccc(Br)cc1)c1csc(NC(=O)NCc2cnc(Cl)c(F)c2)n1. The Morgan fingerprint density at radius 3 is 2.71 bits per heavy atom. The molecule has 2 N–H and O–H groups in total. The number of carbonyl (C=O) groups is 1. The summed E-state index contributed by atoms with van der Waals surface area (Å²) in [6.07, 6.45) is 1.41. The fourth-order valence-corrected chi connectivity index (χ4v) is 3.75. The number of benzene rings is 1. The molecule has 146 valence electrons. The molecule has 2 heterocycles. The number of hydrogen-bond donors (Lipinski definition) is 2. The van der Waals surface area contributed by atoms with Crippen LogP contribution in [-0.4, -0.2) is 16.0 Å². The molecule has 3 aromatic rings. The number of hydrogen-bond acceptors (Lipinski definition) is 4. The second-order valence-corrected chi connectivity index (χ2v) is 8.73. The van der Waals surface area contributed by atoms with Gasteiger partial charge in [-0.15, -0.1) is 11.3 Å². The van der Waals surface area contributed by atoms with Crippen molar-refractivity contribution < 1.29 is 9.18 Å². The Balaban J connectivity index is 1.62. The van der Waals surface area contributed by atoms with Crippen LogP contribution in [-0.2, 0) is 12.0 Å². The zero-order valence-electron chi connectivity index (χ0n) is 15.1. The van der Waals surface area contributed by atoms with Gasteiger partial charge in [0, 0.05) is 28.0 Å². The van der Waals surface area contributed by atoms with E-state index < -0.39 is 11.8 Å². The topological polar surface area (TPSA) is 66.9 Å². The molecule has 0 aliphatic rings. The highest BCUT2D eigenvalue weighted by Crippen LogP contribution is 2.33. The van der Waals surface area contributed by atoms with Gasteiger partial charge in [0.15, 0.2) is 16.1 Å². The van der Waals surface area contributed by atoms with Crippen LogP contribution in [0.3, 0.4) is 0 Å². The molecule has 3 rings (SSSR count). The van der Waals surface area contributed by atoms with Crippen LogP contribution in [0.4, 0.5) is 14.3 Å². The maximum Gasteiger partial charge on any atom is 0.321 e. The number of halogens is 3. The lowest BCUT2D eigenvalue weighted by atomic mass is 9.82. The third kappa shape index (κ3) is 4.87. The third-order valence-corrected chi connectivity index (χ3v) is 5.80. The monoisotopic (exact) mass is 482 g/mol. The molecule has 0 aliphatic heterocycles. The van der Waals surface area contributed by atoms with Crippen molar-refractivity contribution in [2.45, 2.75) is 25.8 Å². The quantitative estimate of drug-likeness (QED) is 0.455. The number of amides is 2. The number of urea groups is 1.